The molecule has 0 N–H and O–H groups in total. The van der Waals surface area contributed by atoms with Crippen molar-refractivity contribution in [2.24, 2.45) is 0 Å². The topological polar surface area (TPSA) is 8.17 Å². The van der Waals surface area contributed by atoms with E-state index in [1.807, 2.05) is 0 Å². The van der Waals surface area contributed by atoms with Gasteiger partial charge in [-0.05, 0) is 49.2 Å². The summed E-state index contributed by atoms with van der Waals surface area (Å²) >= 11 is 0. The molecule has 0 amide bonds. The maximum Gasteiger partial charge on any atom is 0.0564 e. The van der Waals surface area contributed by atoms with Gasteiger partial charge in [0.25, 0.3) is 0 Å². The van der Waals surface area contributed by atoms with E-state index in [1.54, 1.807) is 0 Å². The summed E-state index contributed by atoms with van der Waals surface area (Å²) in [5, 5.41) is 1.38. The van der Waals surface area contributed by atoms with Gasteiger partial charge in [-0.15, -0.1) is 0 Å². The minimum atomic E-state index is 1.01. The Hall–Kier alpha value is -2.06. The molecule has 1 aromatic heterocycles. The van der Waals surface area contributed by atoms with Crippen LogP contribution in [0.3, 0.4) is 0 Å². The molecule has 0 aliphatic carbocycles. The summed E-state index contributed by atoms with van der Waals surface area (Å²) in [7, 11) is 0. The number of rotatable bonds is 4. The van der Waals surface area contributed by atoms with Gasteiger partial charge in [0.2, 0.25) is 0 Å². The van der Waals surface area contributed by atoms with Gasteiger partial charge in [0.1, 0.15) is 0 Å². The van der Waals surface area contributed by atoms with Crippen LogP contribution in [0.1, 0.15) is 30.7 Å². The second-order valence-corrected chi connectivity index (χ2v) is 6.42. The van der Waals surface area contributed by atoms with Crippen LogP contribution in [0.4, 0.5) is 0 Å². The molecule has 0 saturated heterocycles. The van der Waals surface area contributed by atoms with E-state index in [-0.39, 0.29) is 0 Å². The van der Waals surface area contributed by atoms with Crippen molar-refractivity contribution in [2.75, 3.05) is 13.1 Å². The third kappa shape index (κ3) is 2.38. The van der Waals surface area contributed by atoms with Gasteiger partial charge in [-0.2, -0.15) is 0 Å². The minimum Gasteiger partial charge on any atom is -0.312 e. The molecule has 2 heterocycles. The van der Waals surface area contributed by atoms with Gasteiger partial charge in [-0.3, -0.25) is 4.90 Å². The molecule has 4 rings (SSSR count). The molecule has 2 heteroatoms. The van der Waals surface area contributed by atoms with E-state index in [0.29, 0.717) is 0 Å². The fourth-order valence-electron chi connectivity index (χ4n) is 3.87. The van der Waals surface area contributed by atoms with Crippen molar-refractivity contribution in [1.82, 2.24) is 9.47 Å². The molecule has 0 bridgehead atoms. The third-order valence-electron chi connectivity index (χ3n) is 5.16. The van der Waals surface area contributed by atoms with Gasteiger partial charge in [0.15, 0.2) is 0 Å². The Morgan fingerprint density at radius 2 is 1.65 bits per heavy atom. The zero-order valence-electron chi connectivity index (χ0n) is 14.0. The molecule has 0 spiro atoms. The predicted octanol–water partition coefficient (Wildman–Crippen LogP) is 4.57. The molecule has 0 radical (unpaired) electrons. The summed E-state index contributed by atoms with van der Waals surface area (Å²) in [6, 6.07) is 18.1. The molecule has 3 aromatic rings. The van der Waals surface area contributed by atoms with Crippen molar-refractivity contribution in [2.45, 2.75) is 33.2 Å². The number of aromatic nitrogens is 1. The van der Waals surface area contributed by atoms with Crippen molar-refractivity contribution < 1.29 is 0 Å². The molecule has 0 unspecified atom stereocenters. The molecule has 1 aliphatic heterocycles. The lowest BCUT2D eigenvalue weighted by Gasteiger charge is -2.20. The molecule has 0 fully saturated rings. The van der Waals surface area contributed by atoms with Gasteiger partial charge in [0.05, 0.1) is 5.52 Å². The predicted molar refractivity (Wildman–Crippen MR) is 97.3 cm³/mol. The average molecular weight is 304 g/mol. The number of aryl methyl sites for hydroxylation is 2. The first-order chi connectivity index (χ1) is 11.3. The fourth-order valence-corrected chi connectivity index (χ4v) is 3.87. The first kappa shape index (κ1) is 14.5. The van der Waals surface area contributed by atoms with Crippen molar-refractivity contribution in [3.8, 4) is 5.69 Å². The lowest BCUT2D eigenvalue weighted by molar-refractivity contribution is 0.291. The summed E-state index contributed by atoms with van der Waals surface area (Å²) in [6.07, 6.45) is 2.25. The monoisotopic (exact) mass is 304 g/mol. The summed E-state index contributed by atoms with van der Waals surface area (Å²) in [4.78, 5) is 2.49. The molecule has 0 saturated carbocycles. The lowest BCUT2D eigenvalue weighted by atomic mass is 10.0. The molecule has 1 aliphatic rings. The molecular formula is C21H24N2. The van der Waals surface area contributed by atoms with Crippen LogP contribution in [0, 0.1) is 0 Å². The maximum absolute atomic E-state index is 2.52. The minimum absolute atomic E-state index is 1.01. The molecule has 118 valence electrons. The summed E-state index contributed by atoms with van der Waals surface area (Å²) in [6.45, 7) is 7.68. The molecule has 2 aromatic carbocycles. The van der Waals surface area contributed by atoms with E-state index < -0.39 is 0 Å². The molecular weight excluding hydrogens is 280 g/mol. The Bertz CT molecular complexity index is 840. The zero-order chi connectivity index (χ0) is 15.8. The zero-order valence-corrected chi connectivity index (χ0v) is 14.0. The van der Waals surface area contributed by atoms with E-state index in [2.05, 4.69) is 71.8 Å². The first-order valence-corrected chi connectivity index (χ1v) is 8.74. The van der Waals surface area contributed by atoms with Crippen molar-refractivity contribution in [3.63, 3.8) is 0 Å². The van der Waals surface area contributed by atoms with Crippen LogP contribution in [0.2, 0.25) is 0 Å². The molecule has 0 atom stereocenters. The van der Waals surface area contributed by atoms with Crippen molar-refractivity contribution >= 4 is 10.9 Å². The Morgan fingerprint density at radius 3 is 2.48 bits per heavy atom. The van der Waals surface area contributed by atoms with Gasteiger partial charge >= 0.3 is 0 Å². The van der Waals surface area contributed by atoms with Crippen molar-refractivity contribution in [1.29, 1.82) is 0 Å². The Balaban J connectivity index is 1.98. The van der Waals surface area contributed by atoms with Gasteiger partial charge < -0.3 is 4.57 Å². The van der Waals surface area contributed by atoms with Crippen LogP contribution in [-0.2, 0) is 19.4 Å². The Kier molecular flexibility index (Phi) is 3.70. The Labute approximate surface area is 138 Å². The second-order valence-electron chi connectivity index (χ2n) is 6.42. The highest BCUT2D eigenvalue weighted by Crippen LogP contribution is 2.33. The standard InChI is InChI=1S/C21H24N2/c1-3-22(4-2)15-19-14-18-10-7-9-17-13-12-16-8-5-6-11-20(16)23(19)21(17)18/h5-11,14H,3-4,12-13,15H2,1-2H3. The number of hydrogen-bond acceptors (Lipinski definition) is 1. The highest BCUT2D eigenvalue weighted by Gasteiger charge is 2.20. The second kappa shape index (κ2) is 5.86. The van der Waals surface area contributed by atoms with Gasteiger partial charge in [-0.1, -0.05) is 50.2 Å². The van der Waals surface area contributed by atoms with Crippen LogP contribution in [0.25, 0.3) is 16.6 Å². The van der Waals surface area contributed by atoms with Crippen molar-refractivity contribution in [3.05, 3.63) is 65.4 Å². The Morgan fingerprint density at radius 1 is 0.913 bits per heavy atom. The van der Waals surface area contributed by atoms with Crippen LogP contribution < -0.4 is 0 Å². The van der Waals surface area contributed by atoms with E-state index in [4.69, 9.17) is 0 Å². The smallest absolute Gasteiger partial charge is 0.0564 e. The first-order valence-electron chi connectivity index (χ1n) is 8.74. The van der Waals surface area contributed by atoms with Gasteiger partial charge in [-0.25, -0.2) is 0 Å². The molecule has 2 nitrogen and oxygen atoms in total. The van der Waals surface area contributed by atoms with E-state index in [0.717, 1.165) is 32.5 Å². The van der Waals surface area contributed by atoms with Crippen LogP contribution in [0.5, 0.6) is 0 Å². The fraction of sp³-hybridized carbons (Fsp3) is 0.333. The normalized spacial score (nSPS) is 13.3. The van der Waals surface area contributed by atoms with Crippen LogP contribution in [-0.4, -0.2) is 22.6 Å². The summed E-state index contributed by atoms with van der Waals surface area (Å²) in [5.41, 5.74) is 7.13. The van der Waals surface area contributed by atoms with Crippen LogP contribution >= 0.6 is 0 Å². The third-order valence-corrected chi connectivity index (χ3v) is 5.16. The summed E-state index contributed by atoms with van der Waals surface area (Å²) < 4.78 is 2.52. The largest absolute Gasteiger partial charge is 0.312 e. The number of nitrogens with zero attached hydrogens (tertiary/aromatic N) is 2. The van der Waals surface area contributed by atoms with Gasteiger partial charge in [0, 0.05) is 23.3 Å². The van der Waals surface area contributed by atoms with Crippen LogP contribution in [0.15, 0.2) is 48.5 Å². The SMILES string of the molecule is CCN(CC)Cc1cc2cccc3c2n1-c1ccccc1CC3. The van der Waals surface area contributed by atoms with E-state index >= 15 is 0 Å². The highest BCUT2D eigenvalue weighted by atomic mass is 15.1. The number of fused-ring (bicyclic) bond motifs is 2. The molecule has 23 heavy (non-hydrogen) atoms. The number of para-hydroxylation sites is 2. The maximum atomic E-state index is 2.52. The number of benzene rings is 2. The quantitative estimate of drug-likeness (QED) is 0.685. The average Bonchev–Trinajstić information content (AvgIpc) is 2.86. The van der Waals surface area contributed by atoms with E-state index in [9.17, 15) is 0 Å². The highest BCUT2D eigenvalue weighted by molar-refractivity contribution is 5.87. The summed E-state index contributed by atoms with van der Waals surface area (Å²) in [5.74, 6) is 0. The van der Waals surface area contributed by atoms with E-state index in [1.165, 1.54) is 33.4 Å². The lowest BCUT2D eigenvalue weighted by Crippen LogP contribution is -2.23. The number of hydrogen-bond donors (Lipinski definition) is 0.